The summed E-state index contributed by atoms with van der Waals surface area (Å²) in [5.41, 5.74) is -0.248. The number of esters is 1. The maximum atomic E-state index is 12.7. The van der Waals surface area contributed by atoms with Crippen LogP contribution in [-0.4, -0.2) is 41.1 Å². The predicted octanol–water partition coefficient (Wildman–Crippen LogP) is 1.23. The average molecular weight is 331 g/mol. The lowest BCUT2D eigenvalue weighted by molar-refractivity contribution is -0.238. The number of alkyl halides is 3. The second kappa shape index (κ2) is 5.71. The van der Waals surface area contributed by atoms with Gasteiger partial charge in [0.05, 0.1) is 11.1 Å². The van der Waals surface area contributed by atoms with Crippen molar-refractivity contribution in [3.8, 4) is 0 Å². The lowest BCUT2D eigenvalue weighted by atomic mass is 10.1. The fourth-order valence-electron chi connectivity index (χ4n) is 1.80. The van der Waals surface area contributed by atoms with Gasteiger partial charge in [0.15, 0.2) is 0 Å². The molecule has 1 atom stereocenters. The molecule has 2 amide bonds. The van der Waals surface area contributed by atoms with Crippen molar-refractivity contribution < 1.29 is 41.9 Å². The smallest absolute Gasteiger partial charge is 0.436 e. The van der Waals surface area contributed by atoms with Crippen LogP contribution in [0.15, 0.2) is 24.3 Å². The second-order valence-corrected chi connectivity index (χ2v) is 4.39. The SMILES string of the molecule is CC(=O)OC(C(=O)ON1C(=O)c2ccccc2C1=O)C(F)(F)F. The van der Waals surface area contributed by atoms with Gasteiger partial charge in [0.1, 0.15) is 0 Å². The summed E-state index contributed by atoms with van der Waals surface area (Å²) in [4.78, 5) is 50.2. The Morgan fingerprint density at radius 1 is 1.09 bits per heavy atom. The first kappa shape index (κ1) is 16.5. The zero-order valence-electron chi connectivity index (χ0n) is 11.4. The number of hydrogen-bond acceptors (Lipinski definition) is 6. The molecule has 1 aliphatic rings. The van der Waals surface area contributed by atoms with E-state index >= 15 is 0 Å². The van der Waals surface area contributed by atoms with Crippen molar-refractivity contribution in [1.82, 2.24) is 5.06 Å². The summed E-state index contributed by atoms with van der Waals surface area (Å²) in [5, 5.41) is -0.102. The number of halogens is 3. The number of fused-ring (bicyclic) bond motifs is 1. The molecule has 1 aliphatic heterocycles. The molecule has 0 fully saturated rings. The topological polar surface area (TPSA) is 90.0 Å². The molecule has 0 saturated heterocycles. The molecule has 0 radical (unpaired) electrons. The molecule has 0 aliphatic carbocycles. The number of hydroxylamine groups is 2. The molecule has 122 valence electrons. The molecule has 0 aromatic heterocycles. The second-order valence-electron chi connectivity index (χ2n) is 4.39. The van der Waals surface area contributed by atoms with Gasteiger partial charge in [-0.3, -0.25) is 14.4 Å². The van der Waals surface area contributed by atoms with E-state index < -0.39 is 36.0 Å². The number of rotatable bonds is 3. The Morgan fingerprint density at radius 2 is 1.57 bits per heavy atom. The summed E-state index contributed by atoms with van der Waals surface area (Å²) >= 11 is 0. The van der Waals surface area contributed by atoms with Gasteiger partial charge in [-0.2, -0.15) is 13.2 Å². The fourth-order valence-corrected chi connectivity index (χ4v) is 1.80. The van der Waals surface area contributed by atoms with Crippen LogP contribution in [0.2, 0.25) is 0 Å². The minimum absolute atomic E-state index is 0.102. The number of nitrogens with zero attached hydrogens (tertiary/aromatic N) is 1. The van der Waals surface area contributed by atoms with Crippen LogP contribution in [0.4, 0.5) is 13.2 Å². The molecule has 0 saturated carbocycles. The molecule has 1 aromatic carbocycles. The Balaban J connectivity index is 2.22. The molecule has 0 spiro atoms. The highest BCUT2D eigenvalue weighted by atomic mass is 19.4. The monoisotopic (exact) mass is 331 g/mol. The van der Waals surface area contributed by atoms with Gasteiger partial charge in [0.2, 0.25) is 0 Å². The third kappa shape index (κ3) is 3.15. The normalized spacial score (nSPS) is 15.2. The molecular formula is C13H8F3NO6. The van der Waals surface area contributed by atoms with Crippen molar-refractivity contribution in [3.05, 3.63) is 35.4 Å². The highest BCUT2D eigenvalue weighted by Gasteiger charge is 2.51. The van der Waals surface area contributed by atoms with Crippen LogP contribution in [0, 0.1) is 0 Å². The molecule has 0 N–H and O–H groups in total. The van der Waals surface area contributed by atoms with E-state index in [4.69, 9.17) is 0 Å². The Kier molecular flexibility index (Phi) is 4.08. The standard InChI is InChI=1S/C13H8F3NO6/c1-6(18)22-9(13(14,15)16)12(21)23-17-10(19)7-4-2-3-5-8(7)11(17)20/h2-5,9H,1H3. The van der Waals surface area contributed by atoms with E-state index in [2.05, 4.69) is 9.57 Å². The maximum absolute atomic E-state index is 12.7. The van der Waals surface area contributed by atoms with Gasteiger partial charge in [0, 0.05) is 6.92 Å². The van der Waals surface area contributed by atoms with Crippen LogP contribution in [0.3, 0.4) is 0 Å². The molecule has 10 heteroatoms. The minimum Gasteiger partial charge on any atom is -0.440 e. The summed E-state index contributed by atoms with van der Waals surface area (Å²) in [6.45, 7) is 0.661. The minimum atomic E-state index is -5.26. The van der Waals surface area contributed by atoms with E-state index in [1.54, 1.807) is 0 Å². The van der Waals surface area contributed by atoms with E-state index in [1.165, 1.54) is 24.3 Å². The largest absolute Gasteiger partial charge is 0.440 e. The van der Waals surface area contributed by atoms with Gasteiger partial charge in [-0.15, -0.1) is 0 Å². The summed E-state index contributed by atoms with van der Waals surface area (Å²) in [6.07, 6.45) is -8.51. The Bertz CT molecular complexity index is 664. The third-order valence-corrected chi connectivity index (χ3v) is 2.73. The molecule has 2 rings (SSSR count). The summed E-state index contributed by atoms with van der Waals surface area (Å²) in [7, 11) is 0. The summed E-state index contributed by atoms with van der Waals surface area (Å²) in [5.74, 6) is -5.68. The summed E-state index contributed by atoms with van der Waals surface area (Å²) in [6, 6.07) is 5.34. The predicted molar refractivity (Wildman–Crippen MR) is 64.6 cm³/mol. The van der Waals surface area contributed by atoms with E-state index in [9.17, 15) is 32.3 Å². The zero-order chi connectivity index (χ0) is 17.4. The highest BCUT2D eigenvalue weighted by molar-refractivity contribution is 6.20. The molecule has 0 bridgehead atoms. The first-order valence-electron chi connectivity index (χ1n) is 6.06. The summed E-state index contributed by atoms with van der Waals surface area (Å²) < 4.78 is 41.9. The van der Waals surface area contributed by atoms with Crippen LogP contribution < -0.4 is 0 Å². The van der Waals surface area contributed by atoms with Crippen LogP contribution in [-0.2, 0) is 19.2 Å². The van der Waals surface area contributed by atoms with Crippen LogP contribution in [0.25, 0.3) is 0 Å². The van der Waals surface area contributed by atoms with Gasteiger partial charge in [0.25, 0.3) is 17.9 Å². The lowest BCUT2D eigenvalue weighted by Crippen LogP contribution is -2.45. The average Bonchev–Trinajstić information content (AvgIpc) is 2.69. The van der Waals surface area contributed by atoms with Crippen molar-refractivity contribution in [1.29, 1.82) is 0 Å². The van der Waals surface area contributed by atoms with Gasteiger partial charge in [-0.25, -0.2) is 4.79 Å². The zero-order valence-corrected chi connectivity index (χ0v) is 11.4. The van der Waals surface area contributed by atoms with E-state index in [0.717, 1.165) is 0 Å². The quantitative estimate of drug-likeness (QED) is 0.611. The molecule has 7 nitrogen and oxygen atoms in total. The van der Waals surface area contributed by atoms with Gasteiger partial charge >= 0.3 is 18.1 Å². The Hall–Kier alpha value is -2.91. The van der Waals surface area contributed by atoms with Crippen LogP contribution >= 0.6 is 0 Å². The van der Waals surface area contributed by atoms with Gasteiger partial charge in [-0.05, 0) is 12.1 Å². The van der Waals surface area contributed by atoms with E-state index in [0.29, 0.717) is 6.92 Å². The number of imide groups is 1. The van der Waals surface area contributed by atoms with E-state index in [1.807, 2.05) is 0 Å². The van der Waals surface area contributed by atoms with Crippen LogP contribution in [0.1, 0.15) is 27.6 Å². The lowest BCUT2D eigenvalue weighted by Gasteiger charge is -2.20. The number of amides is 2. The van der Waals surface area contributed by atoms with E-state index in [-0.39, 0.29) is 16.2 Å². The third-order valence-electron chi connectivity index (χ3n) is 2.73. The molecule has 23 heavy (non-hydrogen) atoms. The van der Waals surface area contributed by atoms with Crippen molar-refractivity contribution in [2.75, 3.05) is 0 Å². The molecule has 1 unspecified atom stereocenters. The van der Waals surface area contributed by atoms with Crippen LogP contribution in [0.5, 0.6) is 0 Å². The molecular weight excluding hydrogens is 323 g/mol. The van der Waals surface area contributed by atoms with Crippen molar-refractivity contribution in [3.63, 3.8) is 0 Å². The molecule has 1 heterocycles. The highest BCUT2D eigenvalue weighted by Crippen LogP contribution is 2.27. The number of benzene rings is 1. The fraction of sp³-hybridized carbons (Fsp3) is 0.231. The van der Waals surface area contributed by atoms with Crippen molar-refractivity contribution in [2.24, 2.45) is 0 Å². The number of hydrogen-bond donors (Lipinski definition) is 0. The number of carbonyl (C=O) groups is 4. The number of carbonyl (C=O) groups excluding carboxylic acids is 4. The van der Waals surface area contributed by atoms with Crippen molar-refractivity contribution >= 4 is 23.8 Å². The first-order valence-corrected chi connectivity index (χ1v) is 6.06. The Labute approximate surface area is 126 Å². The van der Waals surface area contributed by atoms with Gasteiger partial charge in [-0.1, -0.05) is 17.2 Å². The molecule has 1 aromatic rings. The van der Waals surface area contributed by atoms with Gasteiger partial charge < -0.3 is 9.57 Å². The number of ether oxygens (including phenoxy) is 1. The maximum Gasteiger partial charge on any atom is 0.436 e. The Morgan fingerprint density at radius 3 is 1.96 bits per heavy atom. The van der Waals surface area contributed by atoms with Crippen molar-refractivity contribution in [2.45, 2.75) is 19.2 Å². The first-order chi connectivity index (χ1) is 10.6.